The number of hydrogen-bond acceptors (Lipinski definition) is 5. The molecule has 0 aliphatic carbocycles. The number of unbranched alkanes of at least 4 members (excludes halogenated alkanes) is 5. The summed E-state index contributed by atoms with van der Waals surface area (Å²) in [4.78, 5) is 26.9. The molecule has 0 bridgehead atoms. The predicted molar refractivity (Wildman–Crippen MR) is 158 cm³/mol. The highest BCUT2D eigenvalue weighted by molar-refractivity contribution is 5.73. The van der Waals surface area contributed by atoms with Gasteiger partial charge in [0.2, 0.25) is 0 Å². The van der Waals surface area contributed by atoms with Crippen molar-refractivity contribution in [2.24, 2.45) is 11.3 Å². The van der Waals surface area contributed by atoms with Crippen LogP contribution in [0.2, 0.25) is 0 Å². The Morgan fingerprint density at radius 2 is 1.54 bits per heavy atom. The zero-order valence-electron chi connectivity index (χ0n) is 24.8. The normalized spacial score (nSPS) is 15.5. The van der Waals surface area contributed by atoms with Crippen LogP contribution in [0.25, 0.3) is 0 Å². The molecule has 222 valence electrons. The Hall–Kier alpha value is -1.92. The maximum atomic E-state index is 12.8. The number of carboxylic acid groups (broad SMARTS) is 1. The standard InChI is InChI=1S/C33H55NO5/c1-3-5-8-14-29(15-9-6-4-2)18-25-39-32(37)27-33(26-31(35)36)19-22-34(23-20-33)21-12-13-24-38-28-30-16-10-7-11-17-30/h7,10-11,16-17,29H,3-6,8-9,12-15,18-28H2,1-2H3,(H,35,36). The summed E-state index contributed by atoms with van der Waals surface area (Å²) in [5, 5.41) is 9.59. The minimum absolute atomic E-state index is 0.0416. The minimum Gasteiger partial charge on any atom is -0.481 e. The lowest BCUT2D eigenvalue weighted by molar-refractivity contribution is -0.150. The first kappa shape index (κ1) is 33.3. The number of likely N-dealkylation sites (tertiary alicyclic amines) is 1. The van der Waals surface area contributed by atoms with Crippen LogP contribution in [-0.2, 0) is 25.7 Å². The van der Waals surface area contributed by atoms with Gasteiger partial charge in [-0.15, -0.1) is 0 Å². The molecule has 1 aromatic rings. The molecule has 1 aliphatic heterocycles. The molecule has 1 fully saturated rings. The molecular weight excluding hydrogens is 490 g/mol. The molecule has 0 aromatic heterocycles. The van der Waals surface area contributed by atoms with Crippen molar-refractivity contribution in [1.82, 2.24) is 4.90 Å². The number of rotatable bonds is 22. The lowest BCUT2D eigenvalue weighted by Crippen LogP contribution is -2.42. The van der Waals surface area contributed by atoms with Crippen LogP contribution in [0.4, 0.5) is 0 Å². The molecule has 1 aliphatic rings. The van der Waals surface area contributed by atoms with E-state index in [0.717, 1.165) is 58.3 Å². The molecule has 0 amide bonds. The van der Waals surface area contributed by atoms with Crippen molar-refractivity contribution in [1.29, 1.82) is 0 Å². The molecule has 39 heavy (non-hydrogen) atoms. The molecule has 0 saturated carbocycles. The SMILES string of the molecule is CCCCCC(CCCCC)CCOC(=O)CC1(CC(=O)O)CCN(CCCCOCc2ccccc2)CC1. The van der Waals surface area contributed by atoms with Crippen molar-refractivity contribution in [3.05, 3.63) is 35.9 Å². The van der Waals surface area contributed by atoms with E-state index in [0.29, 0.717) is 19.1 Å². The van der Waals surface area contributed by atoms with Gasteiger partial charge in [0.25, 0.3) is 0 Å². The van der Waals surface area contributed by atoms with E-state index >= 15 is 0 Å². The van der Waals surface area contributed by atoms with E-state index in [4.69, 9.17) is 9.47 Å². The van der Waals surface area contributed by atoms with Gasteiger partial charge in [-0.1, -0.05) is 95.5 Å². The first-order chi connectivity index (χ1) is 19.0. The van der Waals surface area contributed by atoms with Gasteiger partial charge in [0.15, 0.2) is 0 Å². The predicted octanol–water partition coefficient (Wildman–Crippen LogP) is 7.64. The topological polar surface area (TPSA) is 76.1 Å². The monoisotopic (exact) mass is 545 g/mol. The molecule has 0 atom stereocenters. The van der Waals surface area contributed by atoms with E-state index < -0.39 is 11.4 Å². The zero-order valence-corrected chi connectivity index (χ0v) is 24.8. The highest BCUT2D eigenvalue weighted by Gasteiger charge is 2.39. The van der Waals surface area contributed by atoms with E-state index in [1.54, 1.807) is 0 Å². The van der Waals surface area contributed by atoms with Crippen molar-refractivity contribution in [2.45, 2.75) is 117 Å². The van der Waals surface area contributed by atoms with Crippen molar-refractivity contribution >= 4 is 11.9 Å². The van der Waals surface area contributed by atoms with Crippen molar-refractivity contribution in [2.75, 3.05) is 32.8 Å². The average molecular weight is 546 g/mol. The summed E-state index contributed by atoms with van der Waals surface area (Å²) in [6.07, 6.45) is 14.6. The zero-order chi connectivity index (χ0) is 28.2. The third-order valence-electron chi connectivity index (χ3n) is 8.31. The van der Waals surface area contributed by atoms with Crippen LogP contribution in [0.3, 0.4) is 0 Å². The summed E-state index contributed by atoms with van der Waals surface area (Å²) in [7, 11) is 0. The fourth-order valence-electron chi connectivity index (χ4n) is 5.79. The molecule has 1 aromatic carbocycles. The minimum atomic E-state index is -0.821. The van der Waals surface area contributed by atoms with Gasteiger partial charge in [-0.2, -0.15) is 0 Å². The summed E-state index contributed by atoms with van der Waals surface area (Å²) in [5.74, 6) is -0.421. The second kappa shape index (κ2) is 20.0. The molecular formula is C33H55NO5. The number of nitrogens with zero attached hydrogens (tertiary/aromatic N) is 1. The summed E-state index contributed by atoms with van der Waals surface area (Å²) in [6.45, 7) is 8.98. The summed E-state index contributed by atoms with van der Waals surface area (Å²) >= 11 is 0. The van der Waals surface area contributed by atoms with Gasteiger partial charge in [0.05, 0.1) is 26.1 Å². The summed E-state index contributed by atoms with van der Waals surface area (Å²) in [6, 6.07) is 10.2. The number of carbonyl (C=O) groups excluding carboxylic acids is 1. The molecule has 2 rings (SSSR count). The second-order valence-electron chi connectivity index (χ2n) is 11.7. The Morgan fingerprint density at radius 3 is 2.15 bits per heavy atom. The van der Waals surface area contributed by atoms with Crippen LogP contribution >= 0.6 is 0 Å². The lowest BCUT2D eigenvalue weighted by atomic mass is 9.73. The van der Waals surface area contributed by atoms with Crippen LogP contribution in [0.15, 0.2) is 30.3 Å². The smallest absolute Gasteiger partial charge is 0.306 e. The quantitative estimate of drug-likeness (QED) is 0.119. The number of carbonyl (C=O) groups is 2. The Morgan fingerprint density at radius 1 is 0.872 bits per heavy atom. The number of aliphatic carboxylic acids is 1. The highest BCUT2D eigenvalue weighted by atomic mass is 16.5. The van der Waals surface area contributed by atoms with Crippen LogP contribution in [0.1, 0.15) is 116 Å². The van der Waals surface area contributed by atoms with Gasteiger partial charge in [0, 0.05) is 6.61 Å². The Bertz CT molecular complexity index is 766. The molecule has 0 radical (unpaired) electrons. The molecule has 6 heteroatoms. The Kier molecular flexibility index (Phi) is 17.1. The number of carboxylic acids is 1. The maximum absolute atomic E-state index is 12.8. The van der Waals surface area contributed by atoms with Gasteiger partial charge >= 0.3 is 11.9 Å². The Labute approximate surface area is 237 Å². The largest absolute Gasteiger partial charge is 0.481 e. The highest BCUT2D eigenvalue weighted by Crippen LogP contribution is 2.39. The van der Waals surface area contributed by atoms with Crippen LogP contribution in [0, 0.1) is 11.3 Å². The second-order valence-corrected chi connectivity index (χ2v) is 11.7. The van der Waals surface area contributed by atoms with Crippen molar-refractivity contribution < 1.29 is 24.2 Å². The van der Waals surface area contributed by atoms with E-state index in [2.05, 4.69) is 30.9 Å². The van der Waals surface area contributed by atoms with Crippen LogP contribution in [-0.4, -0.2) is 54.8 Å². The molecule has 1 N–H and O–H groups in total. The summed E-state index contributed by atoms with van der Waals surface area (Å²) in [5.41, 5.74) is 0.709. The third-order valence-corrected chi connectivity index (χ3v) is 8.31. The van der Waals surface area contributed by atoms with E-state index in [1.165, 1.54) is 56.9 Å². The van der Waals surface area contributed by atoms with Gasteiger partial charge in [0.1, 0.15) is 0 Å². The van der Waals surface area contributed by atoms with E-state index in [1.807, 2.05) is 18.2 Å². The number of esters is 1. The number of piperidine rings is 1. The van der Waals surface area contributed by atoms with E-state index in [9.17, 15) is 14.7 Å². The van der Waals surface area contributed by atoms with Crippen molar-refractivity contribution in [3.63, 3.8) is 0 Å². The number of hydrogen-bond donors (Lipinski definition) is 1. The first-order valence-electron chi connectivity index (χ1n) is 15.7. The lowest BCUT2D eigenvalue weighted by Gasteiger charge is -2.40. The maximum Gasteiger partial charge on any atom is 0.306 e. The molecule has 1 saturated heterocycles. The Balaban J connectivity index is 1.69. The van der Waals surface area contributed by atoms with E-state index in [-0.39, 0.29) is 18.8 Å². The fourth-order valence-corrected chi connectivity index (χ4v) is 5.79. The van der Waals surface area contributed by atoms with Crippen molar-refractivity contribution in [3.8, 4) is 0 Å². The van der Waals surface area contributed by atoms with Gasteiger partial charge in [-0.3, -0.25) is 9.59 Å². The number of benzene rings is 1. The molecule has 1 heterocycles. The molecule has 0 unspecified atom stereocenters. The van der Waals surface area contributed by atoms with Crippen LogP contribution < -0.4 is 0 Å². The van der Waals surface area contributed by atoms with Gasteiger partial charge in [-0.05, 0) is 68.6 Å². The molecule has 6 nitrogen and oxygen atoms in total. The summed E-state index contributed by atoms with van der Waals surface area (Å²) < 4.78 is 11.5. The van der Waals surface area contributed by atoms with Crippen LogP contribution in [0.5, 0.6) is 0 Å². The van der Waals surface area contributed by atoms with Gasteiger partial charge in [-0.25, -0.2) is 0 Å². The fraction of sp³-hybridized carbons (Fsp3) is 0.758. The third kappa shape index (κ3) is 14.9. The molecule has 0 spiro atoms. The van der Waals surface area contributed by atoms with Gasteiger partial charge < -0.3 is 19.5 Å². The average Bonchev–Trinajstić information content (AvgIpc) is 2.92. The number of ether oxygens (including phenoxy) is 2. The first-order valence-corrected chi connectivity index (χ1v) is 15.7.